The van der Waals surface area contributed by atoms with Crippen molar-refractivity contribution in [2.75, 3.05) is 19.8 Å². The Morgan fingerprint density at radius 1 is 0.639 bits per heavy atom. The number of phosphoric acid groups is 2. The predicted octanol–water partition coefficient (Wildman–Crippen LogP) is -2.21. The van der Waals surface area contributed by atoms with Crippen LogP contribution < -0.4 is 0 Å². The lowest BCUT2D eigenvalue weighted by molar-refractivity contribution is -0.0312. The van der Waals surface area contributed by atoms with E-state index in [4.69, 9.17) is 37.4 Å². The molecule has 14 atom stereocenters. The number of phosphoric ester groups is 2. The van der Waals surface area contributed by atoms with Crippen LogP contribution in [0.1, 0.15) is 20.8 Å². The molecular formula is C18H34O16P2. The molecule has 0 aromatic heterocycles. The van der Waals surface area contributed by atoms with Crippen LogP contribution in [0.25, 0.3) is 0 Å². The molecule has 0 aromatic rings. The first-order chi connectivity index (χ1) is 16.7. The van der Waals surface area contributed by atoms with Crippen molar-refractivity contribution >= 4 is 15.6 Å². The highest BCUT2D eigenvalue weighted by molar-refractivity contribution is 7.47. The van der Waals surface area contributed by atoms with Crippen LogP contribution in [0, 0.1) is 0 Å². The summed E-state index contributed by atoms with van der Waals surface area (Å²) in [6.07, 6.45) is -14.0. The van der Waals surface area contributed by atoms with Crippen LogP contribution in [0.3, 0.4) is 0 Å². The van der Waals surface area contributed by atoms with E-state index in [1.54, 1.807) is 0 Å². The minimum Gasteiger partial charge on any atom is -0.394 e. The van der Waals surface area contributed by atoms with Gasteiger partial charge in [-0.15, -0.1) is 0 Å². The molecule has 18 heteroatoms. The van der Waals surface area contributed by atoms with E-state index in [-0.39, 0.29) is 0 Å². The Kier molecular flexibility index (Phi) is 10.1. The van der Waals surface area contributed by atoms with Crippen LogP contribution in [0.15, 0.2) is 0 Å². The van der Waals surface area contributed by atoms with Gasteiger partial charge in [0.15, 0.2) is 0 Å². The molecule has 3 aliphatic rings. The van der Waals surface area contributed by atoms with E-state index in [1.165, 1.54) is 20.8 Å². The van der Waals surface area contributed by atoms with Crippen molar-refractivity contribution in [2.24, 2.45) is 0 Å². The highest BCUT2D eigenvalue weighted by Crippen LogP contribution is 2.50. The van der Waals surface area contributed by atoms with Crippen molar-refractivity contribution < 1.29 is 76.8 Å². The van der Waals surface area contributed by atoms with Crippen LogP contribution in [-0.2, 0) is 41.4 Å². The van der Waals surface area contributed by atoms with E-state index in [0.717, 1.165) is 0 Å². The Morgan fingerprint density at radius 3 is 1.42 bits per heavy atom. The van der Waals surface area contributed by atoms with Crippen molar-refractivity contribution in [3.8, 4) is 0 Å². The van der Waals surface area contributed by atoms with E-state index < -0.39 is 109 Å². The molecule has 16 nitrogen and oxygen atoms in total. The SMILES string of the molecule is CC1OC(COP(=O)(O)OC2C(C)OC(COP(=O)(O)OC3C(C)OC(CO)C3O)C2O)C(O)C1O. The lowest BCUT2D eigenvalue weighted by Gasteiger charge is -2.24. The molecule has 3 aliphatic heterocycles. The van der Waals surface area contributed by atoms with Gasteiger partial charge < -0.3 is 49.5 Å². The monoisotopic (exact) mass is 568 g/mol. The second-order valence-electron chi connectivity index (χ2n) is 8.95. The van der Waals surface area contributed by atoms with Crippen molar-refractivity contribution in [3.63, 3.8) is 0 Å². The summed E-state index contributed by atoms with van der Waals surface area (Å²) in [4.78, 5) is 20.1. The second kappa shape index (κ2) is 12.0. The maximum Gasteiger partial charge on any atom is 0.472 e. The maximum atomic E-state index is 12.4. The van der Waals surface area contributed by atoms with Gasteiger partial charge in [-0.2, -0.15) is 0 Å². The average Bonchev–Trinajstić information content (AvgIpc) is 3.32. The van der Waals surface area contributed by atoms with E-state index in [9.17, 15) is 39.3 Å². The Labute approximate surface area is 206 Å². The lowest BCUT2D eigenvalue weighted by Crippen LogP contribution is -2.37. The Morgan fingerprint density at radius 2 is 1.03 bits per heavy atom. The molecule has 14 unspecified atom stereocenters. The summed E-state index contributed by atoms with van der Waals surface area (Å²) in [7, 11) is -9.59. The molecule has 3 fully saturated rings. The normalized spacial score (nSPS) is 46.6. The maximum absolute atomic E-state index is 12.4. The van der Waals surface area contributed by atoms with Crippen LogP contribution >= 0.6 is 15.6 Å². The molecule has 3 heterocycles. The minimum atomic E-state index is -4.80. The first kappa shape index (κ1) is 30.4. The van der Waals surface area contributed by atoms with Gasteiger partial charge in [0.25, 0.3) is 0 Å². The molecule has 0 bridgehead atoms. The molecule has 0 radical (unpaired) electrons. The van der Waals surface area contributed by atoms with E-state index >= 15 is 0 Å². The second-order valence-corrected chi connectivity index (χ2v) is 11.8. The van der Waals surface area contributed by atoms with Crippen LogP contribution in [-0.4, -0.2) is 128 Å². The predicted molar refractivity (Wildman–Crippen MR) is 115 cm³/mol. The molecule has 3 saturated heterocycles. The highest BCUT2D eigenvalue weighted by atomic mass is 31.2. The molecule has 0 spiro atoms. The molecule has 0 saturated carbocycles. The van der Waals surface area contributed by atoms with Gasteiger partial charge in [0, 0.05) is 0 Å². The van der Waals surface area contributed by atoms with Gasteiger partial charge in [0.1, 0.15) is 54.9 Å². The molecule has 7 N–H and O–H groups in total. The zero-order valence-electron chi connectivity index (χ0n) is 19.7. The van der Waals surface area contributed by atoms with Crippen molar-refractivity contribution in [1.29, 1.82) is 0 Å². The largest absolute Gasteiger partial charge is 0.472 e. The summed E-state index contributed by atoms with van der Waals surface area (Å²) in [5.41, 5.74) is 0. The molecule has 36 heavy (non-hydrogen) atoms. The smallest absolute Gasteiger partial charge is 0.394 e. The third-order valence-electron chi connectivity index (χ3n) is 6.23. The van der Waals surface area contributed by atoms with Crippen LogP contribution in [0.2, 0.25) is 0 Å². The number of ether oxygens (including phenoxy) is 3. The molecule has 0 aromatic carbocycles. The quantitative estimate of drug-likeness (QED) is 0.131. The van der Waals surface area contributed by atoms with Crippen molar-refractivity contribution in [2.45, 2.75) is 94.0 Å². The van der Waals surface area contributed by atoms with Gasteiger partial charge in [-0.25, -0.2) is 9.13 Å². The Balaban J connectivity index is 1.50. The van der Waals surface area contributed by atoms with Crippen molar-refractivity contribution in [1.82, 2.24) is 0 Å². The van der Waals surface area contributed by atoms with Gasteiger partial charge in [0.05, 0.1) is 38.1 Å². The highest BCUT2D eigenvalue weighted by Gasteiger charge is 2.49. The number of aliphatic hydroxyl groups excluding tert-OH is 5. The molecule has 0 aliphatic carbocycles. The number of aliphatic hydroxyl groups is 5. The number of hydrogen-bond acceptors (Lipinski definition) is 14. The third-order valence-corrected chi connectivity index (χ3v) is 8.20. The standard InChI is InChI=1S/C18H34O16P2/c1-7-13(20)14(21)11(30-7)5-28-35(24,25)34-18-9(3)32-12(16(18)23)6-29-36(26,27)33-17-8(2)31-10(4-19)15(17)22/h7-23H,4-6H2,1-3H3,(H,24,25)(H,26,27). The van der Waals surface area contributed by atoms with Gasteiger partial charge in [-0.3, -0.25) is 18.1 Å². The summed E-state index contributed by atoms with van der Waals surface area (Å²) in [6.45, 7) is 2.58. The number of hydrogen-bond donors (Lipinski definition) is 7. The summed E-state index contributed by atoms with van der Waals surface area (Å²) in [5.74, 6) is 0. The molecule has 3 rings (SSSR count). The zero-order valence-corrected chi connectivity index (χ0v) is 21.5. The summed E-state index contributed by atoms with van der Waals surface area (Å²) in [5, 5.41) is 49.3. The fourth-order valence-electron chi connectivity index (χ4n) is 4.21. The van der Waals surface area contributed by atoms with Gasteiger partial charge in [-0.1, -0.05) is 0 Å². The van der Waals surface area contributed by atoms with Crippen molar-refractivity contribution in [3.05, 3.63) is 0 Å². The van der Waals surface area contributed by atoms with E-state index in [1.807, 2.05) is 0 Å². The minimum absolute atomic E-state index is 0.531. The van der Waals surface area contributed by atoms with E-state index in [2.05, 4.69) is 0 Å². The molecule has 0 amide bonds. The topological polar surface area (TPSA) is 240 Å². The van der Waals surface area contributed by atoms with Gasteiger partial charge in [-0.05, 0) is 20.8 Å². The lowest BCUT2D eigenvalue weighted by atomic mass is 10.1. The van der Waals surface area contributed by atoms with E-state index in [0.29, 0.717) is 0 Å². The van der Waals surface area contributed by atoms with Gasteiger partial charge in [0.2, 0.25) is 0 Å². The Bertz CT molecular complexity index is 831. The summed E-state index contributed by atoms with van der Waals surface area (Å²) in [6, 6.07) is 0. The van der Waals surface area contributed by atoms with Crippen LogP contribution in [0.5, 0.6) is 0 Å². The zero-order chi connectivity index (χ0) is 27.0. The molecular weight excluding hydrogens is 534 g/mol. The summed E-state index contributed by atoms with van der Waals surface area (Å²) < 4.78 is 60.3. The average molecular weight is 568 g/mol. The number of rotatable bonds is 11. The third kappa shape index (κ3) is 7.10. The van der Waals surface area contributed by atoms with Crippen LogP contribution in [0.4, 0.5) is 0 Å². The first-order valence-electron chi connectivity index (χ1n) is 11.3. The fourth-order valence-corrected chi connectivity index (χ4v) is 6.21. The Hall–Kier alpha value is -0.100. The van der Waals surface area contributed by atoms with Gasteiger partial charge >= 0.3 is 15.6 Å². The first-order valence-corrected chi connectivity index (χ1v) is 14.3. The molecule has 212 valence electrons. The fraction of sp³-hybridized carbons (Fsp3) is 1.00. The summed E-state index contributed by atoms with van der Waals surface area (Å²) >= 11 is 0.